The van der Waals surface area contributed by atoms with E-state index in [0.29, 0.717) is 5.56 Å². The fourth-order valence-electron chi connectivity index (χ4n) is 4.44. The molecule has 0 bridgehead atoms. The summed E-state index contributed by atoms with van der Waals surface area (Å²) in [6, 6.07) is 16.6. The third-order valence-corrected chi connectivity index (χ3v) is 7.57. The van der Waals surface area contributed by atoms with Gasteiger partial charge in [0.25, 0.3) is 0 Å². The Bertz CT molecular complexity index is 1480. The van der Waals surface area contributed by atoms with Crippen molar-refractivity contribution in [2.45, 2.75) is 58.2 Å². The van der Waals surface area contributed by atoms with Crippen LogP contribution in [0.5, 0.6) is 0 Å². The highest BCUT2D eigenvalue weighted by atomic mass is 32.2. The molecule has 0 aromatic heterocycles. The molecular formula is C31H36F3N3O4S. The number of amides is 2. The molecule has 1 unspecified atom stereocenters. The van der Waals surface area contributed by atoms with Crippen molar-refractivity contribution in [2.75, 3.05) is 17.1 Å². The molecule has 0 fully saturated rings. The zero-order valence-corrected chi connectivity index (χ0v) is 24.9. The van der Waals surface area contributed by atoms with E-state index in [9.17, 15) is 31.2 Å². The van der Waals surface area contributed by atoms with Crippen LogP contribution in [-0.4, -0.2) is 49.5 Å². The quantitative estimate of drug-likeness (QED) is 0.308. The number of benzene rings is 3. The molecule has 11 heteroatoms. The second-order valence-electron chi connectivity index (χ2n) is 11.1. The van der Waals surface area contributed by atoms with Gasteiger partial charge in [-0.1, -0.05) is 42.5 Å². The maximum atomic E-state index is 13.9. The monoisotopic (exact) mass is 603 g/mol. The number of rotatable bonds is 12. The van der Waals surface area contributed by atoms with E-state index >= 15 is 0 Å². The van der Waals surface area contributed by atoms with E-state index in [1.807, 2.05) is 51.1 Å². The lowest BCUT2D eigenvalue weighted by Gasteiger charge is -2.34. The minimum Gasteiger partial charge on any atom is -0.350 e. The molecule has 0 spiro atoms. The molecule has 0 heterocycles. The predicted octanol–water partition coefficient (Wildman–Crippen LogP) is 5.20. The first kappa shape index (κ1) is 32.7. The Balaban J connectivity index is 1.90. The van der Waals surface area contributed by atoms with E-state index in [4.69, 9.17) is 0 Å². The van der Waals surface area contributed by atoms with Crippen LogP contribution in [0.1, 0.15) is 44.7 Å². The third kappa shape index (κ3) is 9.61. The molecule has 0 aliphatic rings. The van der Waals surface area contributed by atoms with Crippen LogP contribution >= 0.6 is 0 Å². The minimum absolute atomic E-state index is 0.00708. The van der Waals surface area contributed by atoms with Crippen LogP contribution in [-0.2, 0) is 32.6 Å². The van der Waals surface area contributed by atoms with Crippen molar-refractivity contribution in [3.8, 4) is 0 Å². The smallest absolute Gasteiger partial charge is 0.243 e. The van der Waals surface area contributed by atoms with Crippen LogP contribution in [0, 0.1) is 17.5 Å². The summed E-state index contributed by atoms with van der Waals surface area (Å²) in [5.74, 6) is -3.56. The Morgan fingerprint density at radius 2 is 1.52 bits per heavy atom. The van der Waals surface area contributed by atoms with Crippen LogP contribution < -0.4 is 9.62 Å². The standard InChI is InChI=1S/C31H36F3N3O4S/c1-31(2,3)35-30(39)28(19-22-9-6-5-7-10-22)36(21-23-12-14-24(32)15-13-23)29(38)11-8-18-37(42(4,40)41)25-16-17-26(33)27(34)20-25/h5-7,9-10,12-17,20,28H,8,11,18-19,21H2,1-4H3,(H,35,39). The van der Waals surface area contributed by atoms with E-state index in [-0.39, 0.29) is 43.9 Å². The molecule has 0 radical (unpaired) electrons. The summed E-state index contributed by atoms with van der Waals surface area (Å²) in [6.45, 7) is 5.31. The number of halogens is 3. The molecule has 7 nitrogen and oxygen atoms in total. The number of anilines is 1. The lowest BCUT2D eigenvalue weighted by molar-refractivity contribution is -0.142. The van der Waals surface area contributed by atoms with Gasteiger partial charge in [0.1, 0.15) is 11.9 Å². The van der Waals surface area contributed by atoms with Gasteiger partial charge < -0.3 is 10.2 Å². The normalized spacial score (nSPS) is 12.5. The van der Waals surface area contributed by atoms with Crippen LogP contribution in [0.3, 0.4) is 0 Å². The summed E-state index contributed by atoms with van der Waals surface area (Å²) >= 11 is 0. The number of nitrogens with zero attached hydrogens (tertiary/aromatic N) is 2. The van der Waals surface area contributed by atoms with Gasteiger partial charge in [-0.3, -0.25) is 13.9 Å². The van der Waals surface area contributed by atoms with Crippen molar-refractivity contribution in [1.29, 1.82) is 0 Å². The van der Waals surface area contributed by atoms with E-state index < -0.39 is 45.0 Å². The van der Waals surface area contributed by atoms with Gasteiger partial charge in [-0.25, -0.2) is 21.6 Å². The first-order chi connectivity index (χ1) is 19.6. The molecule has 0 aliphatic heterocycles. The van der Waals surface area contributed by atoms with Gasteiger partial charge in [0.05, 0.1) is 11.9 Å². The molecule has 42 heavy (non-hydrogen) atoms. The summed E-state index contributed by atoms with van der Waals surface area (Å²) in [6.07, 6.45) is 1.03. The minimum atomic E-state index is -3.89. The fraction of sp³-hybridized carbons (Fsp3) is 0.355. The summed E-state index contributed by atoms with van der Waals surface area (Å²) in [4.78, 5) is 28.8. The molecule has 226 valence electrons. The van der Waals surface area contributed by atoms with Crippen molar-refractivity contribution < 1.29 is 31.2 Å². The van der Waals surface area contributed by atoms with E-state index in [1.165, 1.54) is 29.2 Å². The number of carbonyl (C=O) groups is 2. The Labute approximate surface area is 245 Å². The lowest BCUT2D eigenvalue weighted by atomic mass is 10.00. The van der Waals surface area contributed by atoms with Gasteiger partial charge in [-0.2, -0.15) is 0 Å². The zero-order valence-electron chi connectivity index (χ0n) is 24.1. The summed E-state index contributed by atoms with van der Waals surface area (Å²) in [7, 11) is -3.89. The molecule has 0 saturated carbocycles. The summed E-state index contributed by atoms with van der Waals surface area (Å²) < 4.78 is 66.8. The first-order valence-corrected chi connectivity index (χ1v) is 15.3. The second-order valence-corrected chi connectivity index (χ2v) is 13.0. The Morgan fingerprint density at radius 1 is 0.881 bits per heavy atom. The van der Waals surface area contributed by atoms with E-state index in [1.54, 1.807) is 0 Å². The molecular weight excluding hydrogens is 567 g/mol. The number of nitrogens with one attached hydrogen (secondary N) is 1. The number of sulfonamides is 1. The highest BCUT2D eigenvalue weighted by Crippen LogP contribution is 2.22. The molecule has 0 saturated heterocycles. The first-order valence-electron chi connectivity index (χ1n) is 13.5. The molecule has 1 atom stereocenters. The van der Waals surface area contributed by atoms with Gasteiger partial charge in [0.2, 0.25) is 21.8 Å². The van der Waals surface area contributed by atoms with E-state index in [2.05, 4.69) is 5.32 Å². The van der Waals surface area contributed by atoms with Gasteiger partial charge in [0.15, 0.2) is 11.6 Å². The number of hydrogen-bond acceptors (Lipinski definition) is 4. The lowest BCUT2D eigenvalue weighted by Crippen LogP contribution is -2.54. The Morgan fingerprint density at radius 3 is 2.10 bits per heavy atom. The van der Waals surface area contributed by atoms with Crippen molar-refractivity contribution in [2.24, 2.45) is 0 Å². The number of carbonyl (C=O) groups excluding carboxylic acids is 2. The van der Waals surface area contributed by atoms with Gasteiger partial charge >= 0.3 is 0 Å². The fourth-order valence-corrected chi connectivity index (χ4v) is 5.39. The molecule has 1 N–H and O–H groups in total. The Kier molecular flexibility index (Phi) is 10.8. The highest BCUT2D eigenvalue weighted by Gasteiger charge is 2.32. The zero-order chi connectivity index (χ0) is 31.1. The SMILES string of the molecule is CC(C)(C)NC(=O)C(Cc1ccccc1)N(Cc1ccc(F)cc1)C(=O)CCCN(c1ccc(F)c(F)c1)S(C)(=O)=O. The van der Waals surface area contributed by atoms with Crippen molar-refractivity contribution in [3.05, 3.63) is 101 Å². The molecule has 3 aromatic carbocycles. The Hall–Kier alpha value is -3.86. The highest BCUT2D eigenvalue weighted by molar-refractivity contribution is 7.92. The maximum absolute atomic E-state index is 13.9. The second kappa shape index (κ2) is 13.9. The van der Waals surface area contributed by atoms with Crippen LogP contribution in [0.4, 0.5) is 18.9 Å². The third-order valence-electron chi connectivity index (χ3n) is 6.38. The number of hydrogen-bond donors (Lipinski definition) is 1. The van der Waals surface area contributed by atoms with Gasteiger partial charge in [-0.15, -0.1) is 0 Å². The average molecular weight is 604 g/mol. The van der Waals surface area contributed by atoms with Gasteiger partial charge in [-0.05, 0) is 62.6 Å². The van der Waals surface area contributed by atoms with Crippen molar-refractivity contribution in [3.63, 3.8) is 0 Å². The molecule has 3 rings (SSSR count). The topological polar surface area (TPSA) is 86.8 Å². The van der Waals surface area contributed by atoms with Crippen LogP contribution in [0.15, 0.2) is 72.8 Å². The van der Waals surface area contributed by atoms with Gasteiger partial charge in [0, 0.05) is 37.5 Å². The summed E-state index contributed by atoms with van der Waals surface area (Å²) in [5.41, 5.74) is 0.770. The molecule has 2 amide bonds. The van der Waals surface area contributed by atoms with E-state index in [0.717, 1.165) is 34.3 Å². The van der Waals surface area contributed by atoms with Crippen molar-refractivity contribution >= 4 is 27.5 Å². The van der Waals surface area contributed by atoms with Crippen molar-refractivity contribution in [1.82, 2.24) is 10.2 Å². The predicted molar refractivity (Wildman–Crippen MR) is 157 cm³/mol. The average Bonchev–Trinajstić information content (AvgIpc) is 2.90. The molecule has 3 aromatic rings. The van der Waals surface area contributed by atoms with Crippen LogP contribution in [0.2, 0.25) is 0 Å². The maximum Gasteiger partial charge on any atom is 0.243 e. The largest absolute Gasteiger partial charge is 0.350 e. The van der Waals surface area contributed by atoms with Crippen LogP contribution in [0.25, 0.3) is 0 Å². The molecule has 0 aliphatic carbocycles. The summed E-state index contributed by atoms with van der Waals surface area (Å²) in [5, 5.41) is 2.95.